The molecule has 0 fully saturated rings. The molecule has 2 heterocycles. The summed E-state index contributed by atoms with van der Waals surface area (Å²) < 4.78 is 0. The summed E-state index contributed by atoms with van der Waals surface area (Å²) >= 11 is 0. The number of anilines is 3. The summed E-state index contributed by atoms with van der Waals surface area (Å²) in [4.78, 5) is 17.5. The van der Waals surface area contributed by atoms with Crippen molar-refractivity contribution in [3.8, 4) is 0 Å². The van der Waals surface area contributed by atoms with Crippen LogP contribution in [0.15, 0.2) is 30.6 Å². The molecule has 0 radical (unpaired) electrons. The topological polar surface area (TPSA) is 83.7 Å². The van der Waals surface area contributed by atoms with Crippen molar-refractivity contribution in [1.82, 2.24) is 19.9 Å². The second-order valence-corrected chi connectivity index (χ2v) is 4.40. The molecular formula is C13H14N6. The van der Waals surface area contributed by atoms with Gasteiger partial charge in [0.1, 0.15) is 5.52 Å². The van der Waals surface area contributed by atoms with Crippen LogP contribution in [0.2, 0.25) is 0 Å². The lowest BCUT2D eigenvalue weighted by Crippen LogP contribution is -2.13. The molecule has 6 heteroatoms. The first-order valence-corrected chi connectivity index (χ1v) is 5.92. The standard InChI is InChI=1S/C13H14N6/c1-8-4-3-5-9(6-8)19(2)12-10-11(16-7-15-10)17-13(14)18-12/h3-7H,1-2H3,(H3,14,15,16,17,18). The first-order chi connectivity index (χ1) is 9.15. The van der Waals surface area contributed by atoms with E-state index in [1.807, 2.05) is 24.1 Å². The number of nitrogens with two attached hydrogens (primary N) is 1. The van der Waals surface area contributed by atoms with Crippen molar-refractivity contribution in [2.75, 3.05) is 17.7 Å². The van der Waals surface area contributed by atoms with Gasteiger partial charge in [0.05, 0.1) is 6.33 Å². The summed E-state index contributed by atoms with van der Waals surface area (Å²) in [5.41, 5.74) is 9.30. The van der Waals surface area contributed by atoms with Crippen molar-refractivity contribution in [3.63, 3.8) is 0 Å². The van der Waals surface area contributed by atoms with Gasteiger partial charge in [0.2, 0.25) is 5.95 Å². The van der Waals surface area contributed by atoms with Crippen LogP contribution in [0.25, 0.3) is 11.2 Å². The third kappa shape index (κ3) is 1.97. The van der Waals surface area contributed by atoms with Gasteiger partial charge < -0.3 is 15.6 Å². The van der Waals surface area contributed by atoms with Crippen LogP contribution in [0.4, 0.5) is 17.5 Å². The molecule has 3 aromatic rings. The number of aryl methyl sites for hydroxylation is 1. The Morgan fingerprint density at radius 2 is 2.11 bits per heavy atom. The molecule has 0 aliphatic carbocycles. The fourth-order valence-corrected chi connectivity index (χ4v) is 2.04. The summed E-state index contributed by atoms with van der Waals surface area (Å²) in [6.07, 6.45) is 1.59. The molecule has 0 unspecified atom stereocenters. The van der Waals surface area contributed by atoms with E-state index in [4.69, 9.17) is 5.73 Å². The first-order valence-electron chi connectivity index (χ1n) is 5.92. The Balaban J connectivity index is 2.15. The Morgan fingerprint density at radius 3 is 2.89 bits per heavy atom. The number of nitrogens with one attached hydrogen (secondary N) is 1. The molecular weight excluding hydrogens is 240 g/mol. The number of nitrogen functional groups attached to an aromatic ring is 1. The van der Waals surface area contributed by atoms with Crippen molar-refractivity contribution in [3.05, 3.63) is 36.2 Å². The summed E-state index contributed by atoms with van der Waals surface area (Å²) in [6, 6.07) is 8.17. The van der Waals surface area contributed by atoms with Gasteiger partial charge in [-0.1, -0.05) is 12.1 Å². The van der Waals surface area contributed by atoms with Crippen LogP contribution in [0.3, 0.4) is 0 Å². The van der Waals surface area contributed by atoms with Gasteiger partial charge in [-0.05, 0) is 24.6 Å². The van der Waals surface area contributed by atoms with Crippen LogP contribution in [0, 0.1) is 6.92 Å². The van der Waals surface area contributed by atoms with E-state index in [2.05, 4.69) is 39.0 Å². The second kappa shape index (κ2) is 4.24. The van der Waals surface area contributed by atoms with Crippen LogP contribution < -0.4 is 10.6 Å². The van der Waals surface area contributed by atoms with Crippen molar-refractivity contribution >= 4 is 28.6 Å². The average molecular weight is 254 g/mol. The molecule has 0 atom stereocenters. The number of fused-ring (bicyclic) bond motifs is 1. The summed E-state index contributed by atoms with van der Waals surface area (Å²) in [7, 11) is 1.94. The van der Waals surface area contributed by atoms with Crippen molar-refractivity contribution in [1.29, 1.82) is 0 Å². The predicted molar refractivity (Wildman–Crippen MR) is 75.3 cm³/mol. The largest absolute Gasteiger partial charge is 0.368 e. The predicted octanol–water partition coefficient (Wildman–Crippen LogP) is 2.01. The lowest BCUT2D eigenvalue weighted by Gasteiger charge is -2.19. The van der Waals surface area contributed by atoms with Gasteiger partial charge in [0, 0.05) is 12.7 Å². The van der Waals surface area contributed by atoms with E-state index in [9.17, 15) is 0 Å². The van der Waals surface area contributed by atoms with Gasteiger partial charge in [0.15, 0.2) is 11.5 Å². The molecule has 0 saturated carbocycles. The summed E-state index contributed by atoms with van der Waals surface area (Å²) in [6.45, 7) is 2.05. The molecule has 1 aromatic carbocycles. The number of benzene rings is 1. The molecule has 19 heavy (non-hydrogen) atoms. The molecule has 2 aromatic heterocycles. The zero-order chi connectivity index (χ0) is 13.4. The third-order valence-electron chi connectivity index (χ3n) is 2.99. The number of aromatic nitrogens is 4. The van der Waals surface area contributed by atoms with Crippen LogP contribution >= 0.6 is 0 Å². The van der Waals surface area contributed by atoms with Crippen LogP contribution in [-0.2, 0) is 0 Å². The number of hydrogen-bond donors (Lipinski definition) is 2. The van der Waals surface area contributed by atoms with Crippen molar-refractivity contribution < 1.29 is 0 Å². The average Bonchev–Trinajstić information content (AvgIpc) is 2.85. The van der Waals surface area contributed by atoms with E-state index in [1.54, 1.807) is 6.33 Å². The van der Waals surface area contributed by atoms with Gasteiger partial charge >= 0.3 is 0 Å². The first kappa shape index (κ1) is 11.5. The van der Waals surface area contributed by atoms with Crippen LogP contribution in [0.5, 0.6) is 0 Å². The Bertz CT molecular complexity index is 733. The third-order valence-corrected chi connectivity index (χ3v) is 2.99. The van der Waals surface area contributed by atoms with E-state index in [0.29, 0.717) is 11.5 Å². The normalized spacial score (nSPS) is 10.8. The SMILES string of the molecule is Cc1cccc(N(C)c2nc(N)nc3nc[nH]c23)c1. The zero-order valence-corrected chi connectivity index (χ0v) is 10.8. The van der Waals surface area contributed by atoms with Gasteiger partial charge in [-0.2, -0.15) is 9.97 Å². The molecule has 0 bridgehead atoms. The fourth-order valence-electron chi connectivity index (χ4n) is 2.04. The fraction of sp³-hybridized carbons (Fsp3) is 0.154. The maximum Gasteiger partial charge on any atom is 0.224 e. The summed E-state index contributed by atoms with van der Waals surface area (Å²) in [5, 5.41) is 0. The monoisotopic (exact) mass is 254 g/mol. The van der Waals surface area contributed by atoms with Crippen LogP contribution in [-0.4, -0.2) is 27.0 Å². The second-order valence-electron chi connectivity index (χ2n) is 4.40. The quantitative estimate of drug-likeness (QED) is 0.730. The zero-order valence-electron chi connectivity index (χ0n) is 10.8. The molecule has 0 aliphatic rings. The molecule has 0 aliphatic heterocycles. The number of nitrogens with zero attached hydrogens (tertiary/aromatic N) is 4. The minimum Gasteiger partial charge on any atom is -0.368 e. The van der Waals surface area contributed by atoms with Gasteiger partial charge in [0.25, 0.3) is 0 Å². The highest BCUT2D eigenvalue weighted by atomic mass is 15.2. The van der Waals surface area contributed by atoms with E-state index < -0.39 is 0 Å². The Morgan fingerprint density at radius 1 is 1.26 bits per heavy atom. The smallest absolute Gasteiger partial charge is 0.224 e. The lowest BCUT2D eigenvalue weighted by molar-refractivity contribution is 1.11. The van der Waals surface area contributed by atoms with Gasteiger partial charge in [-0.15, -0.1) is 0 Å². The molecule has 0 spiro atoms. The minimum atomic E-state index is 0.217. The highest BCUT2D eigenvalue weighted by molar-refractivity contribution is 5.86. The molecule has 3 rings (SSSR count). The van der Waals surface area contributed by atoms with E-state index in [-0.39, 0.29) is 5.95 Å². The molecule has 3 N–H and O–H groups in total. The number of hydrogen-bond acceptors (Lipinski definition) is 5. The summed E-state index contributed by atoms with van der Waals surface area (Å²) in [5.74, 6) is 0.930. The Labute approximate surface area is 110 Å². The van der Waals surface area contributed by atoms with E-state index >= 15 is 0 Å². The number of aromatic amines is 1. The maximum atomic E-state index is 5.73. The molecule has 0 saturated heterocycles. The molecule has 6 nitrogen and oxygen atoms in total. The lowest BCUT2D eigenvalue weighted by atomic mass is 10.2. The Hall–Kier alpha value is -2.63. The van der Waals surface area contributed by atoms with Gasteiger partial charge in [-0.3, -0.25) is 0 Å². The van der Waals surface area contributed by atoms with Crippen molar-refractivity contribution in [2.45, 2.75) is 6.92 Å². The number of rotatable bonds is 2. The number of imidazole rings is 1. The highest BCUT2D eigenvalue weighted by Gasteiger charge is 2.13. The molecule has 0 amide bonds. The highest BCUT2D eigenvalue weighted by Crippen LogP contribution is 2.27. The maximum absolute atomic E-state index is 5.73. The van der Waals surface area contributed by atoms with E-state index in [1.165, 1.54) is 5.56 Å². The molecule has 96 valence electrons. The Kier molecular flexibility index (Phi) is 2.56. The van der Waals surface area contributed by atoms with Gasteiger partial charge in [-0.25, -0.2) is 4.98 Å². The number of H-pyrrole nitrogens is 1. The minimum absolute atomic E-state index is 0.217. The van der Waals surface area contributed by atoms with Crippen molar-refractivity contribution in [2.24, 2.45) is 0 Å². The van der Waals surface area contributed by atoms with E-state index in [0.717, 1.165) is 11.2 Å². The van der Waals surface area contributed by atoms with Crippen LogP contribution in [0.1, 0.15) is 5.56 Å².